The van der Waals surface area contributed by atoms with Crippen LogP contribution in [0.25, 0.3) is 11.3 Å². The largest absolute Gasteiger partial charge is 0.496 e. The van der Waals surface area contributed by atoms with Gasteiger partial charge in [-0.15, -0.1) is 5.10 Å². The number of likely N-dealkylation sites (tertiary alicyclic amines) is 1. The molecule has 1 aromatic carbocycles. The Morgan fingerprint density at radius 3 is 2.71 bits per heavy atom. The molecule has 1 atom stereocenters. The Hall–Kier alpha value is -3.74. The predicted molar refractivity (Wildman–Crippen MR) is 142 cm³/mol. The first kappa shape index (κ1) is 28.8. The number of likely N-dealkylation sites (N-methyl/N-ethyl adjacent to an activating group) is 1. The number of ether oxygens (including phenoxy) is 1. The summed E-state index contributed by atoms with van der Waals surface area (Å²) in [6.07, 6.45) is -0.351. The van der Waals surface area contributed by atoms with Crippen LogP contribution >= 0.6 is 0 Å². The van der Waals surface area contributed by atoms with Gasteiger partial charge in [-0.3, -0.25) is 9.59 Å². The fourth-order valence-corrected chi connectivity index (χ4v) is 5.58. The second-order valence-electron chi connectivity index (χ2n) is 10.6. The third-order valence-corrected chi connectivity index (χ3v) is 7.75. The van der Waals surface area contributed by atoms with Crippen molar-refractivity contribution in [2.45, 2.75) is 44.3 Å². The van der Waals surface area contributed by atoms with E-state index in [4.69, 9.17) is 4.74 Å². The number of amides is 2. The highest BCUT2D eigenvalue weighted by Crippen LogP contribution is 2.39. The van der Waals surface area contributed by atoms with Crippen LogP contribution in [0.5, 0.6) is 5.75 Å². The van der Waals surface area contributed by atoms with Gasteiger partial charge >= 0.3 is 6.18 Å². The maximum atomic E-state index is 14.6. The Balaban J connectivity index is 1.41. The number of aromatic nitrogens is 3. The Morgan fingerprint density at radius 1 is 1.15 bits per heavy atom. The topological polar surface area (TPSA) is 83.8 Å². The lowest BCUT2D eigenvalue weighted by atomic mass is 9.97. The molecule has 0 bridgehead atoms. The SMILES string of the molecule is COc1cc(-c2cn(C3CCC4=C(F)CCC=C4N(CC(F)(F)F)C3=O)nn2)ccc1C(=O)N1CCCN(C)CC1. The highest BCUT2D eigenvalue weighted by Gasteiger charge is 2.42. The van der Waals surface area contributed by atoms with Crippen LogP contribution in [0.3, 0.4) is 0 Å². The van der Waals surface area contributed by atoms with Gasteiger partial charge in [0.1, 0.15) is 29.9 Å². The van der Waals surface area contributed by atoms with Crippen LogP contribution < -0.4 is 4.74 Å². The first-order chi connectivity index (χ1) is 19.6. The van der Waals surface area contributed by atoms with Crippen LogP contribution in [0.15, 0.2) is 47.6 Å². The highest BCUT2D eigenvalue weighted by molar-refractivity contribution is 5.97. The van der Waals surface area contributed by atoms with Crippen molar-refractivity contribution in [2.75, 3.05) is 46.9 Å². The fraction of sp³-hybridized carbons (Fsp3) is 0.500. The van der Waals surface area contributed by atoms with Gasteiger partial charge < -0.3 is 19.4 Å². The summed E-state index contributed by atoms with van der Waals surface area (Å²) in [4.78, 5) is 31.3. The molecule has 3 aliphatic rings. The van der Waals surface area contributed by atoms with Gasteiger partial charge in [-0.05, 0) is 51.4 Å². The average molecular weight is 577 g/mol. The number of fused-ring (bicyclic) bond motifs is 1. The third-order valence-electron chi connectivity index (χ3n) is 7.75. The van der Waals surface area contributed by atoms with Crippen molar-refractivity contribution in [2.24, 2.45) is 0 Å². The van der Waals surface area contributed by atoms with E-state index in [0.717, 1.165) is 19.5 Å². The molecule has 13 heteroatoms. The van der Waals surface area contributed by atoms with E-state index < -0.39 is 30.5 Å². The van der Waals surface area contributed by atoms with Crippen molar-refractivity contribution < 1.29 is 31.9 Å². The zero-order valence-electron chi connectivity index (χ0n) is 23.0. The Labute approximate surface area is 235 Å². The molecule has 0 spiro atoms. The van der Waals surface area contributed by atoms with Gasteiger partial charge in [0, 0.05) is 42.9 Å². The van der Waals surface area contributed by atoms with Gasteiger partial charge in [-0.2, -0.15) is 13.2 Å². The van der Waals surface area contributed by atoms with Gasteiger partial charge in [0.25, 0.3) is 11.8 Å². The molecule has 3 heterocycles. The predicted octanol–water partition coefficient (Wildman–Crippen LogP) is 4.36. The van der Waals surface area contributed by atoms with Crippen molar-refractivity contribution in [1.82, 2.24) is 29.7 Å². The van der Waals surface area contributed by atoms with E-state index in [1.165, 1.54) is 24.1 Å². The molecule has 220 valence electrons. The zero-order valence-corrected chi connectivity index (χ0v) is 23.0. The number of nitrogens with zero attached hydrogens (tertiary/aromatic N) is 6. The van der Waals surface area contributed by atoms with E-state index in [1.54, 1.807) is 23.1 Å². The van der Waals surface area contributed by atoms with Gasteiger partial charge in [-0.25, -0.2) is 9.07 Å². The lowest BCUT2D eigenvalue weighted by molar-refractivity contribution is -0.158. The summed E-state index contributed by atoms with van der Waals surface area (Å²) in [6.45, 7) is 1.41. The smallest absolute Gasteiger partial charge is 0.406 e. The van der Waals surface area contributed by atoms with E-state index in [2.05, 4.69) is 15.2 Å². The molecule has 1 aliphatic carbocycles. The fourth-order valence-electron chi connectivity index (χ4n) is 5.58. The summed E-state index contributed by atoms with van der Waals surface area (Å²) >= 11 is 0. The molecule has 41 heavy (non-hydrogen) atoms. The van der Waals surface area contributed by atoms with Crippen molar-refractivity contribution in [1.29, 1.82) is 0 Å². The highest BCUT2D eigenvalue weighted by atomic mass is 19.4. The molecule has 9 nitrogen and oxygen atoms in total. The molecule has 1 aromatic heterocycles. The molecule has 2 amide bonds. The number of halogens is 4. The quantitative estimate of drug-likeness (QED) is 0.492. The van der Waals surface area contributed by atoms with Gasteiger partial charge in [-0.1, -0.05) is 17.4 Å². The first-order valence-electron chi connectivity index (χ1n) is 13.6. The Kier molecular flexibility index (Phi) is 8.16. The third kappa shape index (κ3) is 6.14. The maximum Gasteiger partial charge on any atom is 0.406 e. The Bertz CT molecular complexity index is 1390. The number of carbonyl (C=O) groups excluding carboxylic acids is 2. The van der Waals surface area contributed by atoms with Crippen LogP contribution in [0.4, 0.5) is 17.6 Å². The van der Waals surface area contributed by atoms with E-state index in [9.17, 15) is 27.2 Å². The minimum absolute atomic E-state index is 0.0139. The molecule has 5 rings (SSSR count). The number of hydrogen-bond acceptors (Lipinski definition) is 6. The number of alkyl halides is 3. The molecule has 0 radical (unpaired) electrons. The van der Waals surface area contributed by atoms with Crippen molar-refractivity contribution >= 4 is 11.8 Å². The number of allylic oxidation sites excluding steroid dienone is 3. The Morgan fingerprint density at radius 2 is 1.95 bits per heavy atom. The number of hydrogen-bond donors (Lipinski definition) is 0. The first-order valence-corrected chi connectivity index (χ1v) is 13.6. The van der Waals surface area contributed by atoms with Crippen LogP contribution in [0, 0.1) is 0 Å². The van der Waals surface area contributed by atoms with Crippen LogP contribution in [0.1, 0.15) is 48.5 Å². The molecule has 2 aromatic rings. The van der Waals surface area contributed by atoms with Gasteiger partial charge in [0.2, 0.25) is 0 Å². The second-order valence-corrected chi connectivity index (χ2v) is 10.6. The second kappa shape index (κ2) is 11.6. The van der Waals surface area contributed by atoms with E-state index in [0.29, 0.717) is 40.6 Å². The lowest BCUT2D eigenvalue weighted by Gasteiger charge is -2.29. The maximum absolute atomic E-state index is 14.6. The monoisotopic (exact) mass is 576 g/mol. The van der Waals surface area contributed by atoms with Crippen molar-refractivity contribution in [3.63, 3.8) is 0 Å². The molecule has 0 saturated carbocycles. The van der Waals surface area contributed by atoms with E-state index in [1.807, 2.05) is 7.05 Å². The minimum Gasteiger partial charge on any atom is -0.496 e. The summed E-state index contributed by atoms with van der Waals surface area (Å²) in [5, 5.41) is 8.22. The minimum atomic E-state index is -4.67. The molecule has 2 saturated heterocycles. The van der Waals surface area contributed by atoms with E-state index in [-0.39, 0.29) is 42.9 Å². The molecular formula is C28H32F4N6O3. The molecule has 2 fully saturated rings. The molecule has 1 unspecified atom stereocenters. The van der Waals surface area contributed by atoms with Crippen LogP contribution in [-0.2, 0) is 4.79 Å². The van der Waals surface area contributed by atoms with Crippen LogP contribution in [-0.4, -0.2) is 94.6 Å². The standard InChI is InChI=1S/C28H32F4N6O3/c1-35-11-4-12-36(14-13-35)26(39)20-8-7-18(15-25(20)41-2)22-16-38(34-33-22)24-10-9-19-21(29)5-3-6-23(19)37(27(24)40)17-28(30,31)32/h6-8,15-16,24H,3-5,9-14,17H2,1-2H3. The summed E-state index contributed by atoms with van der Waals surface area (Å²) in [6, 6.07) is 3.89. The number of methoxy groups -OCH3 is 1. The zero-order chi connectivity index (χ0) is 29.3. The molecule has 2 aliphatic heterocycles. The van der Waals surface area contributed by atoms with Gasteiger partial charge in [0.15, 0.2) is 0 Å². The van der Waals surface area contributed by atoms with Crippen molar-refractivity contribution in [3.05, 3.63) is 53.1 Å². The number of rotatable bonds is 5. The summed E-state index contributed by atoms with van der Waals surface area (Å²) in [5.41, 5.74) is 1.43. The van der Waals surface area contributed by atoms with Gasteiger partial charge in [0.05, 0.1) is 18.9 Å². The summed E-state index contributed by atoms with van der Waals surface area (Å²) in [5.74, 6) is -1.11. The molecular weight excluding hydrogens is 544 g/mol. The number of benzene rings is 1. The normalized spacial score (nSPS) is 20.9. The lowest BCUT2D eigenvalue weighted by Crippen LogP contribution is -2.41. The number of carbonyl (C=O) groups is 2. The van der Waals surface area contributed by atoms with E-state index >= 15 is 0 Å². The average Bonchev–Trinajstić information content (AvgIpc) is 3.26. The summed E-state index contributed by atoms with van der Waals surface area (Å²) < 4.78 is 61.8. The van der Waals surface area contributed by atoms with Crippen molar-refractivity contribution in [3.8, 4) is 17.0 Å². The van der Waals surface area contributed by atoms with Crippen LogP contribution in [0.2, 0.25) is 0 Å². The summed E-state index contributed by atoms with van der Waals surface area (Å²) in [7, 11) is 3.48. The molecule has 0 N–H and O–H groups in total.